The van der Waals surface area contributed by atoms with E-state index in [-0.39, 0.29) is 18.1 Å². The van der Waals surface area contributed by atoms with Crippen molar-refractivity contribution in [3.05, 3.63) is 0 Å². The van der Waals surface area contributed by atoms with Gasteiger partial charge in [0.2, 0.25) is 0 Å². The van der Waals surface area contributed by atoms with E-state index >= 15 is 0 Å². The van der Waals surface area contributed by atoms with Crippen LogP contribution in [0.3, 0.4) is 0 Å². The lowest BCUT2D eigenvalue weighted by Gasteiger charge is -2.37. The van der Waals surface area contributed by atoms with Gasteiger partial charge in [0.25, 0.3) is 5.91 Å². The third-order valence-corrected chi connectivity index (χ3v) is 9.14. The van der Waals surface area contributed by atoms with Crippen LogP contribution < -0.4 is 0 Å². The van der Waals surface area contributed by atoms with Gasteiger partial charge in [0.15, 0.2) is 8.32 Å². The Morgan fingerprint density at radius 1 is 1.15 bits per heavy atom. The topological polar surface area (TPSA) is 82.1 Å². The van der Waals surface area contributed by atoms with Crippen LogP contribution in [0.2, 0.25) is 18.1 Å². The summed E-state index contributed by atoms with van der Waals surface area (Å²) in [6.07, 6.45) is -1.61. The standard InChI is InChI=1S/C18H33NO6Si/c1-10-23-15(21)12-11-13(25-26(8,9)18(5,6)7)14(20)19(12)16(22)24-17(2,3)4/h12-13H,10-11H2,1-9H3/t12-,13+/m0/s1. The number of likely N-dealkylation sites (tertiary alicyclic amines) is 1. The van der Waals surface area contributed by atoms with E-state index in [0.29, 0.717) is 0 Å². The van der Waals surface area contributed by atoms with Gasteiger partial charge in [0.05, 0.1) is 6.61 Å². The van der Waals surface area contributed by atoms with Crippen molar-refractivity contribution in [2.24, 2.45) is 0 Å². The molecule has 0 spiro atoms. The van der Waals surface area contributed by atoms with E-state index in [9.17, 15) is 14.4 Å². The van der Waals surface area contributed by atoms with Gasteiger partial charge in [0, 0.05) is 6.42 Å². The molecule has 0 aromatic heterocycles. The number of hydrogen-bond donors (Lipinski definition) is 0. The fourth-order valence-electron chi connectivity index (χ4n) is 2.32. The summed E-state index contributed by atoms with van der Waals surface area (Å²) in [5, 5.41) is -0.105. The molecule has 0 aliphatic carbocycles. The largest absolute Gasteiger partial charge is 0.464 e. The molecule has 1 aliphatic heterocycles. The number of ether oxygens (including phenoxy) is 2. The predicted molar refractivity (Wildman–Crippen MR) is 100 cm³/mol. The van der Waals surface area contributed by atoms with Crippen molar-refractivity contribution >= 4 is 26.3 Å². The zero-order valence-corrected chi connectivity index (χ0v) is 18.5. The molecule has 0 radical (unpaired) electrons. The van der Waals surface area contributed by atoms with Crippen molar-refractivity contribution in [1.82, 2.24) is 4.90 Å². The Balaban J connectivity index is 3.11. The van der Waals surface area contributed by atoms with Gasteiger partial charge >= 0.3 is 12.1 Å². The van der Waals surface area contributed by atoms with Crippen LogP contribution in [0, 0.1) is 0 Å². The van der Waals surface area contributed by atoms with E-state index < -0.39 is 44.0 Å². The molecule has 1 aliphatic rings. The molecule has 1 saturated heterocycles. The molecular weight excluding hydrogens is 354 g/mol. The smallest absolute Gasteiger partial charge is 0.417 e. The minimum absolute atomic E-state index is 0.0867. The summed E-state index contributed by atoms with van der Waals surface area (Å²) >= 11 is 0. The fraction of sp³-hybridized carbons (Fsp3) is 0.833. The Morgan fingerprint density at radius 3 is 2.12 bits per heavy atom. The van der Waals surface area contributed by atoms with Crippen molar-refractivity contribution in [3.63, 3.8) is 0 Å². The first-order chi connectivity index (χ1) is 11.6. The van der Waals surface area contributed by atoms with Gasteiger partial charge in [-0.3, -0.25) is 4.79 Å². The van der Waals surface area contributed by atoms with Crippen molar-refractivity contribution in [2.75, 3.05) is 6.61 Å². The highest BCUT2D eigenvalue weighted by Crippen LogP contribution is 2.39. The average molecular weight is 388 g/mol. The third-order valence-electron chi connectivity index (χ3n) is 4.65. The van der Waals surface area contributed by atoms with Gasteiger partial charge in [-0.05, 0) is 45.8 Å². The van der Waals surface area contributed by atoms with Crippen LogP contribution in [-0.4, -0.2) is 55.5 Å². The van der Waals surface area contributed by atoms with Gasteiger partial charge in [0.1, 0.15) is 17.7 Å². The van der Waals surface area contributed by atoms with E-state index in [4.69, 9.17) is 13.9 Å². The van der Waals surface area contributed by atoms with Crippen molar-refractivity contribution in [3.8, 4) is 0 Å². The first-order valence-electron chi connectivity index (χ1n) is 9.01. The number of imide groups is 1. The molecule has 0 aromatic carbocycles. The monoisotopic (exact) mass is 387 g/mol. The maximum atomic E-state index is 12.9. The minimum Gasteiger partial charge on any atom is -0.464 e. The second-order valence-electron chi connectivity index (χ2n) is 9.06. The number of esters is 1. The van der Waals surface area contributed by atoms with Crippen LogP contribution in [0.4, 0.5) is 4.79 Å². The van der Waals surface area contributed by atoms with E-state index in [1.165, 1.54) is 0 Å². The number of amides is 2. The normalized spacial score (nSPS) is 21.7. The van der Waals surface area contributed by atoms with E-state index in [0.717, 1.165) is 4.90 Å². The summed E-state index contributed by atoms with van der Waals surface area (Å²) in [6.45, 7) is 17.2. The van der Waals surface area contributed by atoms with E-state index in [1.807, 2.05) is 13.1 Å². The molecule has 150 valence electrons. The minimum atomic E-state index is -2.26. The number of carbonyl (C=O) groups is 3. The second kappa shape index (κ2) is 7.68. The van der Waals surface area contributed by atoms with Gasteiger partial charge in [-0.15, -0.1) is 0 Å². The summed E-state index contributed by atoms with van der Waals surface area (Å²) in [6, 6.07) is -1.02. The van der Waals surface area contributed by atoms with Gasteiger partial charge in [-0.1, -0.05) is 20.8 Å². The molecule has 1 heterocycles. The SMILES string of the molecule is CCOC(=O)[C@@H]1C[C@@H](O[Si](C)(C)C(C)(C)C)C(=O)N1C(=O)OC(C)(C)C. The molecule has 0 N–H and O–H groups in total. The molecule has 1 rings (SSSR count). The highest BCUT2D eigenvalue weighted by atomic mass is 28.4. The molecule has 0 bridgehead atoms. The van der Waals surface area contributed by atoms with Gasteiger partial charge in [-0.25, -0.2) is 14.5 Å². The lowest BCUT2D eigenvalue weighted by Crippen LogP contribution is -2.48. The fourth-order valence-corrected chi connectivity index (χ4v) is 3.58. The first-order valence-corrected chi connectivity index (χ1v) is 11.9. The average Bonchev–Trinajstić information content (AvgIpc) is 2.72. The van der Waals surface area contributed by atoms with Crippen molar-refractivity contribution in [1.29, 1.82) is 0 Å². The van der Waals surface area contributed by atoms with Crippen molar-refractivity contribution in [2.45, 2.75) is 90.8 Å². The van der Waals surface area contributed by atoms with Crippen LogP contribution >= 0.6 is 0 Å². The lowest BCUT2D eigenvalue weighted by atomic mass is 10.2. The van der Waals surface area contributed by atoms with Gasteiger partial charge < -0.3 is 13.9 Å². The molecular formula is C18H33NO6Si. The Kier molecular flexibility index (Phi) is 6.68. The Bertz CT molecular complexity index is 561. The lowest BCUT2D eigenvalue weighted by molar-refractivity contribution is -0.151. The molecule has 0 unspecified atom stereocenters. The van der Waals surface area contributed by atoms with Crippen LogP contribution in [0.15, 0.2) is 0 Å². The third kappa shape index (κ3) is 5.29. The number of rotatable bonds is 4. The van der Waals surface area contributed by atoms with Crippen LogP contribution in [-0.2, 0) is 23.5 Å². The maximum absolute atomic E-state index is 12.9. The second-order valence-corrected chi connectivity index (χ2v) is 13.8. The number of hydrogen-bond acceptors (Lipinski definition) is 6. The van der Waals surface area contributed by atoms with Gasteiger partial charge in [-0.2, -0.15) is 0 Å². The quantitative estimate of drug-likeness (QED) is 0.542. The molecule has 26 heavy (non-hydrogen) atoms. The highest BCUT2D eigenvalue weighted by molar-refractivity contribution is 6.74. The van der Waals surface area contributed by atoms with Crippen LogP contribution in [0.5, 0.6) is 0 Å². The molecule has 8 heteroatoms. The predicted octanol–water partition coefficient (Wildman–Crippen LogP) is 3.48. The number of carbonyl (C=O) groups excluding carboxylic acids is 3. The maximum Gasteiger partial charge on any atom is 0.417 e. The highest BCUT2D eigenvalue weighted by Gasteiger charge is 2.52. The molecule has 0 saturated carbocycles. The van der Waals surface area contributed by atoms with Crippen LogP contribution in [0.1, 0.15) is 54.9 Å². The van der Waals surface area contributed by atoms with Crippen molar-refractivity contribution < 1.29 is 28.3 Å². The van der Waals surface area contributed by atoms with E-state index in [1.54, 1.807) is 27.7 Å². The zero-order valence-electron chi connectivity index (χ0n) is 17.5. The molecule has 1 fully saturated rings. The van der Waals surface area contributed by atoms with Crippen LogP contribution in [0.25, 0.3) is 0 Å². The molecule has 7 nitrogen and oxygen atoms in total. The summed E-state index contributed by atoms with van der Waals surface area (Å²) in [5.74, 6) is -1.16. The Morgan fingerprint density at radius 2 is 1.69 bits per heavy atom. The summed E-state index contributed by atoms with van der Waals surface area (Å²) < 4.78 is 16.5. The molecule has 2 atom stereocenters. The van der Waals surface area contributed by atoms with E-state index in [2.05, 4.69) is 20.8 Å². The first kappa shape index (κ1) is 22.6. The Hall–Kier alpha value is -1.41. The molecule has 2 amide bonds. The Labute approximate surface area is 157 Å². The molecule has 0 aromatic rings. The number of nitrogens with zero attached hydrogens (tertiary/aromatic N) is 1. The zero-order chi connectivity index (χ0) is 20.5. The summed E-state index contributed by atoms with van der Waals surface area (Å²) in [4.78, 5) is 38.6. The summed E-state index contributed by atoms with van der Waals surface area (Å²) in [5.41, 5.74) is -0.783. The summed E-state index contributed by atoms with van der Waals surface area (Å²) in [7, 11) is -2.26.